The van der Waals surface area contributed by atoms with Gasteiger partial charge in [0.15, 0.2) is 17.3 Å². The van der Waals surface area contributed by atoms with E-state index >= 15 is 4.39 Å². The molecule has 0 amide bonds. The van der Waals surface area contributed by atoms with Gasteiger partial charge in [0.2, 0.25) is 5.95 Å². The van der Waals surface area contributed by atoms with Gasteiger partial charge in [-0.05, 0) is 63.2 Å². The molecule has 4 aromatic rings. The van der Waals surface area contributed by atoms with Crippen LogP contribution in [0.3, 0.4) is 0 Å². The summed E-state index contributed by atoms with van der Waals surface area (Å²) in [5.74, 6) is 0.993. The largest absolute Gasteiger partial charge is 0.324 e. The van der Waals surface area contributed by atoms with Gasteiger partial charge in [0.1, 0.15) is 5.82 Å². The zero-order valence-electron chi connectivity index (χ0n) is 20.9. The van der Waals surface area contributed by atoms with Gasteiger partial charge >= 0.3 is 0 Å². The van der Waals surface area contributed by atoms with Crippen LogP contribution in [0.2, 0.25) is 0 Å². The minimum atomic E-state index is -2.39. The van der Waals surface area contributed by atoms with Crippen molar-refractivity contribution >= 4 is 38.2 Å². The third-order valence-electron chi connectivity index (χ3n) is 5.97. The Kier molecular flexibility index (Phi) is 6.48. The van der Waals surface area contributed by atoms with Crippen LogP contribution in [0.5, 0.6) is 0 Å². The molecular formula is C26H30FN7OS. The summed E-state index contributed by atoms with van der Waals surface area (Å²) >= 11 is 0. The number of fused-ring (bicyclic) bond motifs is 1. The van der Waals surface area contributed by atoms with E-state index in [9.17, 15) is 4.21 Å². The molecular weight excluding hydrogens is 477 g/mol. The van der Waals surface area contributed by atoms with Crippen molar-refractivity contribution in [2.24, 2.45) is 4.36 Å². The van der Waals surface area contributed by atoms with Crippen molar-refractivity contribution in [1.29, 1.82) is 0 Å². The van der Waals surface area contributed by atoms with Crippen LogP contribution in [0, 0.1) is 5.82 Å². The van der Waals surface area contributed by atoms with Crippen LogP contribution in [0.4, 0.5) is 21.8 Å². The quantitative estimate of drug-likeness (QED) is 0.360. The van der Waals surface area contributed by atoms with Crippen LogP contribution < -0.4 is 5.32 Å². The zero-order chi connectivity index (χ0) is 25.4. The zero-order valence-corrected chi connectivity index (χ0v) is 21.7. The van der Waals surface area contributed by atoms with E-state index < -0.39 is 9.73 Å². The number of hydrogen-bond acceptors (Lipinski definition) is 7. The normalized spacial score (nSPS) is 13.9. The first kappa shape index (κ1) is 24.3. The summed E-state index contributed by atoms with van der Waals surface area (Å²) in [5.41, 5.74) is 3.09. The number of nitrogens with zero attached hydrogens (tertiary/aromatic N) is 6. The minimum absolute atomic E-state index is 0.106. The standard InChI is InChI=1S/C26H30FN7OS/c1-33(2)15-14-17-8-12-19(13-9-17)29-26-28-16-20-23(27)24(18-10-11-18)34(25(20)31-26)22-7-5-6-21(30-22)32-36(3,4)35/h5-9,12-13,16,18H,10-11,14-15H2,1-4H3,(H,28,29,31). The van der Waals surface area contributed by atoms with E-state index in [4.69, 9.17) is 4.98 Å². The Bertz CT molecular complexity index is 1530. The number of benzene rings is 1. The third kappa shape index (κ3) is 5.39. The molecule has 1 N–H and O–H groups in total. The average Bonchev–Trinajstić information content (AvgIpc) is 3.61. The molecule has 188 valence electrons. The molecule has 3 heterocycles. The lowest BCUT2D eigenvalue weighted by atomic mass is 10.1. The first-order valence-corrected chi connectivity index (χ1v) is 14.2. The first-order valence-electron chi connectivity index (χ1n) is 11.9. The second kappa shape index (κ2) is 9.59. The number of rotatable bonds is 8. The van der Waals surface area contributed by atoms with Crippen LogP contribution in [0.1, 0.15) is 30.0 Å². The molecule has 8 nitrogen and oxygen atoms in total. The fraction of sp³-hybridized carbons (Fsp3) is 0.346. The topological polar surface area (TPSA) is 88.3 Å². The molecule has 0 spiro atoms. The molecule has 1 aromatic carbocycles. The Hall–Kier alpha value is -3.37. The number of likely N-dealkylation sites (N-methyl/N-ethyl adjacent to an activating group) is 1. The Morgan fingerprint density at radius 1 is 1.14 bits per heavy atom. The van der Waals surface area contributed by atoms with E-state index in [0.717, 1.165) is 31.5 Å². The van der Waals surface area contributed by atoms with Crippen LogP contribution in [0.25, 0.3) is 16.9 Å². The average molecular weight is 508 g/mol. The maximum absolute atomic E-state index is 15.5. The van der Waals surface area contributed by atoms with Crippen molar-refractivity contribution in [3.8, 4) is 5.82 Å². The molecule has 1 saturated carbocycles. The van der Waals surface area contributed by atoms with Gasteiger partial charge in [-0.15, -0.1) is 0 Å². The first-order chi connectivity index (χ1) is 17.2. The lowest BCUT2D eigenvalue weighted by molar-refractivity contribution is 0.413. The van der Waals surface area contributed by atoms with Gasteiger partial charge < -0.3 is 10.2 Å². The Morgan fingerprint density at radius 2 is 1.89 bits per heavy atom. The smallest absolute Gasteiger partial charge is 0.229 e. The second-order valence-corrected chi connectivity index (χ2v) is 12.3. The van der Waals surface area contributed by atoms with E-state index in [0.29, 0.717) is 34.3 Å². The third-order valence-corrected chi connectivity index (χ3v) is 6.59. The Morgan fingerprint density at radius 3 is 2.56 bits per heavy atom. The van der Waals surface area contributed by atoms with E-state index in [-0.39, 0.29) is 11.7 Å². The highest BCUT2D eigenvalue weighted by Crippen LogP contribution is 2.45. The number of anilines is 2. The predicted octanol–water partition coefficient (Wildman–Crippen LogP) is 5.04. The lowest BCUT2D eigenvalue weighted by Gasteiger charge is -2.11. The fourth-order valence-electron chi connectivity index (χ4n) is 4.11. The number of aromatic nitrogens is 4. The maximum Gasteiger partial charge on any atom is 0.229 e. The van der Waals surface area contributed by atoms with Crippen LogP contribution in [0.15, 0.2) is 53.0 Å². The summed E-state index contributed by atoms with van der Waals surface area (Å²) in [6.45, 7) is 0.981. The van der Waals surface area contributed by atoms with Crippen molar-refractivity contribution in [3.05, 3.63) is 65.7 Å². The molecule has 1 fully saturated rings. The SMILES string of the molecule is CN(C)CCc1ccc(Nc2ncc3c(F)c(C4CC4)n(-c4cccc(N=S(C)(C)=O)n4)c3n2)cc1. The second-order valence-electron chi connectivity index (χ2n) is 9.74. The molecule has 5 rings (SSSR count). The molecule has 36 heavy (non-hydrogen) atoms. The number of halogens is 1. The van der Waals surface area contributed by atoms with Crippen LogP contribution >= 0.6 is 0 Å². The van der Waals surface area contributed by atoms with Crippen LogP contribution in [-0.2, 0) is 16.1 Å². The van der Waals surface area contributed by atoms with Gasteiger partial charge in [-0.3, -0.25) is 4.57 Å². The fourth-order valence-corrected chi connectivity index (χ4v) is 4.66. The summed E-state index contributed by atoms with van der Waals surface area (Å²) in [7, 11) is 1.73. The van der Waals surface area contributed by atoms with Crippen molar-refractivity contribution in [3.63, 3.8) is 0 Å². The summed E-state index contributed by atoms with van der Waals surface area (Å²) in [6.07, 6.45) is 7.42. The summed E-state index contributed by atoms with van der Waals surface area (Å²) in [5, 5.41) is 3.59. The predicted molar refractivity (Wildman–Crippen MR) is 143 cm³/mol. The number of pyridine rings is 1. The summed E-state index contributed by atoms with van der Waals surface area (Å²) in [6, 6.07) is 13.4. The monoisotopic (exact) mass is 507 g/mol. The number of nitrogens with one attached hydrogen (secondary N) is 1. The minimum Gasteiger partial charge on any atom is -0.324 e. The maximum atomic E-state index is 15.5. The molecule has 0 unspecified atom stereocenters. The van der Waals surface area contributed by atoms with Crippen molar-refractivity contribution < 1.29 is 8.60 Å². The Labute approximate surface area is 210 Å². The summed E-state index contributed by atoms with van der Waals surface area (Å²) in [4.78, 5) is 15.8. The van der Waals surface area contributed by atoms with Crippen LogP contribution in [-0.4, -0.2) is 61.8 Å². The van der Waals surface area contributed by atoms with Crippen molar-refractivity contribution in [2.45, 2.75) is 25.2 Å². The van der Waals surface area contributed by atoms with E-state index in [1.807, 2.05) is 12.1 Å². The molecule has 0 aliphatic heterocycles. The van der Waals surface area contributed by atoms with Gasteiger partial charge in [0, 0.05) is 46.6 Å². The molecule has 10 heteroatoms. The molecule has 0 radical (unpaired) electrons. The van der Waals surface area contributed by atoms with Gasteiger partial charge in [-0.25, -0.2) is 18.6 Å². The van der Waals surface area contributed by atoms with Crippen molar-refractivity contribution in [2.75, 3.05) is 38.5 Å². The van der Waals surface area contributed by atoms with E-state index in [2.05, 4.69) is 50.8 Å². The van der Waals surface area contributed by atoms with E-state index in [1.165, 1.54) is 11.8 Å². The van der Waals surface area contributed by atoms with Gasteiger partial charge in [0.25, 0.3) is 0 Å². The lowest BCUT2D eigenvalue weighted by Crippen LogP contribution is -2.14. The Balaban J connectivity index is 1.53. The molecule has 0 atom stereocenters. The molecule has 0 bridgehead atoms. The van der Waals surface area contributed by atoms with Gasteiger partial charge in [0.05, 0.1) is 11.1 Å². The number of hydrogen-bond donors (Lipinski definition) is 1. The molecule has 3 aromatic heterocycles. The highest BCUT2D eigenvalue weighted by molar-refractivity contribution is 7.92. The molecule has 0 saturated heterocycles. The van der Waals surface area contributed by atoms with Gasteiger partial charge in [-0.2, -0.15) is 9.35 Å². The van der Waals surface area contributed by atoms with E-state index in [1.54, 1.807) is 35.3 Å². The molecule has 1 aliphatic carbocycles. The van der Waals surface area contributed by atoms with Crippen molar-refractivity contribution in [1.82, 2.24) is 24.4 Å². The van der Waals surface area contributed by atoms with Gasteiger partial charge in [-0.1, -0.05) is 18.2 Å². The molecule has 1 aliphatic rings. The summed E-state index contributed by atoms with van der Waals surface area (Å²) < 4.78 is 33.7. The highest BCUT2D eigenvalue weighted by atomic mass is 32.2. The highest BCUT2D eigenvalue weighted by Gasteiger charge is 2.34.